The van der Waals surface area contributed by atoms with Crippen LogP contribution in [0.15, 0.2) is 45.8 Å². The number of amides is 2. The predicted octanol–water partition coefficient (Wildman–Crippen LogP) is 4.35. The summed E-state index contributed by atoms with van der Waals surface area (Å²) in [5, 5.41) is 5.68. The molecule has 0 saturated carbocycles. The number of nitrogens with one attached hydrogen (secondary N) is 2. The number of thioether (sulfide) groups is 1. The first-order valence-electron chi connectivity index (χ1n) is 6.36. The summed E-state index contributed by atoms with van der Waals surface area (Å²) in [6, 6.07) is 11.1. The summed E-state index contributed by atoms with van der Waals surface area (Å²) < 4.78 is 1.73. The van der Waals surface area contributed by atoms with Gasteiger partial charge in [-0.15, -0.1) is 11.8 Å². The van der Waals surface area contributed by atoms with Gasteiger partial charge in [0.1, 0.15) is 0 Å². The van der Waals surface area contributed by atoms with Crippen molar-refractivity contribution in [3.63, 3.8) is 0 Å². The number of rotatable bonds is 2. The molecule has 1 heterocycles. The van der Waals surface area contributed by atoms with Crippen molar-refractivity contribution in [1.82, 2.24) is 0 Å². The fourth-order valence-corrected chi connectivity index (χ4v) is 3.76. The highest BCUT2D eigenvalue weighted by Gasteiger charge is 2.17. The second kappa shape index (κ2) is 6.59. The van der Waals surface area contributed by atoms with Crippen molar-refractivity contribution in [2.75, 3.05) is 16.4 Å². The van der Waals surface area contributed by atoms with Crippen LogP contribution < -0.4 is 10.6 Å². The van der Waals surface area contributed by atoms with Crippen molar-refractivity contribution < 1.29 is 9.59 Å². The van der Waals surface area contributed by atoms with Crippen LogP contribution in [0.2, 0.25) is 0 Å². The van der Waals surface area contributed by atoms with Crippen LogP contribution >= 0.6 is 50.3 Å². The monoisotopic (exact) mass is 488 g/mol. The average Bonchev–Trinajstić information content (AvgIpc) is 2.49. The molecule has 2 aromatic carbocycles. The van der Waals surface area contributed by atoms with E-state index in [4.69, 9.17) is 0 Å². The number of hydrogen-bond acceptors (Lipinski definition) is 3. The van der Waals surface area contributed by atoms with Gasteiger partial charge in [0.2, 0.25) is 5.91 Å². The summed E-state index contributed by atoms with van der Waals surface area (Å²) in [4.78, 5) is 24.8. The van der Waals surface area contributed by atoms with Crippen molar-refractivity contribution in [2.45, 2.75) is 4.90 Å². The highest BCUT2D eigenvalue weighted by Crippen LogP contribution is 2.33. The Bertz CT molecular complexity index is 782. The van der Waals surface area contributed by atoms with Gasteiger partial charge in [0, 0.05) is 18.6 Å². The first-order valence-corrected chi connectivity index (χ1v) is 9.22. The second-order valence-corrected chi connectivity index (χ2v) is 7.72. The molecule has 112 valence electrons. The van der Waals surface area contributed by atoms with Gasteiger partial charge in [-0.1, -0.05) is 15.9 Å². The Hall–Kier alpha value is -1.06. The molecule has 2 aromatic rings. The van der Waals surface area contributed by atoms with Crippen LogP contribution in [0.3, 0.4) is 0 Å². The quantitative estimate of drug-likeness (QED) is 0.618. The van der Waals surface area contributed by atoms with E-state index in [1.807, 2.05) is 24.3 Å². The van der Waals surface area contributed by atoms with Gasteiger partial charge in [-0.2, -0.15) is 0 Å². The average molecular weight is 489 g/mol. The van der Waals surface area contributed by atoms with E-state index in [0.29, 0.717) is 17.0 Å². The van der Waals surface area contributed by atoms with Crippen LogP contribution in [0.25, 0.3) is 0 Å². The van der Waals surface area contributed by atoms with Gasteiger partial charge in [0.25, 0.3) is 5.91 Å². The van der Waals surface area contributed by atoms with E-state index in [0.717, 1.165) is 18.6 Å². The summed E-state index contributed by atoms with van der Waals surface area (Å²) in [7, 11) is 0. The number of fused-ring (bicyclic) bond motifs is 1. The van der Waals surface area contributed by atoms with Crippen LogP contribution in [-0.4, -0.2) is 17.6 Å². The molecule has 0 atom stereocenters. The predicted molar refractivity (Wildman–Crippen MR) is 101 cm³/mol. The molecule has 0 spiro atoms. The second-order valence-electron chi connectivity index (χ2n) is 4.63. The van der Waals surface area contributed by atoms with Crippen LogP contribution in [0.1, 0.15) is 10.4 Å². The molecule has 3 rings (SSSR count). The van der Waals surface area contributed by atoms with Crippen molar-refractivity contribution in [1.29, 1.82) is 0 Å². The number of carbonyl (C=O) groups is 2. The minimum atomic E-state index is -0.180. The fourth-order valence-electron chi connectivity index (χ4n) is 2.03. The highest BCUT2D eigenvalue weighted by atomic mass is 127. The smallest absolute Gasteiger partial charge is 0.256 e. The number of anilines is 2. The number of halogens is 2. The lowest BCUT2D eigenvalue weighted by Crippen LogP contribution is -2.19. The lowest BCUT2D eigenvalue weighted by atomic mass is 10.2. The molecule has 0 aliphatic carbocycles. The summed E-state index contributed by atoms with van der Waals surface area (Å²) in [5.74, 6) is 0.220. The SMILES string of the molecule is O=C1CSc2ccc(NC(=O)c3cc(Br)ccc3I)cc2N1. The van der Waals surface area contributed by atoms with Crippen molar-refractivity contribution in [2.24, 2.45) is 0 Å². The maximum absolute atomic E-state index is 12.4. The third-order valence-electron chi connectivity index (χ3n) is 3.04. The van der Waals surface area contributed by atoms with Crippen molar-refractivity contribution >= 4 is 73.5 Å². The van der Waals surface area contributed by atoms with Crippen LogP contribution in [0, 0.1) is 3.57 Å². The van der Waals surface area contributed by atoms with E-state index in [2.05, 4.69) is 49.2 Å². The molecule has 1 aliphatic rings. The Morgan fingerprint density at radius 1 is 1.27 bits per heavy atom. The molecule has 0 bridgehead atoms. The first-order chi connectivity index (χ1) is 10.5. The Labute approximate surface area is 153 Å². The maximum Gasteiger partial charge on any atom is 0.256 e. The highest BCUT2D eigenvalue weighted by molar-refractivity contribution is 14.1. The van der Waals surface area contributed by atoms with E-state index in [1.54, 1.807) is 12.1 Å². The summed E-state index contributed by atoms with van der Waals surface area (Å²) in [6.45, 7) is 0. The van der Waals surface area contributed by atoms with Crippen molar-refractivity contribution in [3.8, 4) is 0 Å². The van der Waals surface area contributed by atoms with Crippen LogP contribution in [0.4, 0.5) is 11.4 Å². The van der Waals surface area contributed by atoms with E-state index in [1.165, 1.54) is 11.8 Å². The third-order valence-corrected chi connectivity index (χ3v) is 5.55. The van der Waals surface area contributed by atoms with Crippen LogP contribution in [0.5, 0.6) is 0 Å². The Balaban J connectivity index is 1.84. The summed E-state index contributed by atoms with van der Waals surface area (Å²) in [5.41, 5.74) is 2.00. The zero-order valence-electron chi connectivity index (χ0n) is 11.2. The summed E-state index contributed by atoms with van der Waals surface area (Å²) in [6.07, 6.45) is 0. The Morgan fingerprint density at radius 2 is 2.09 bits per heavy atom. The van der Waals surface area contributed by atoms with E-state index in [9.17, 15) is 9.59 Å². The van der Waals surface area contributed by atoms with E-state index in [-0.39, 0.29) is 11.8 Å². The third kappa shape index (κ3) is 3.47. The maximum atomic E-state index is 12.4. The molecule has 7 heteroatoms. The van der Waals surface area contributed by atoms with Gasteiger partial charge < -0.3 is 10.6 Å². The van der Waals surface area contributed by atoms with Gasteiger partial charge in [-0.3, -0.25) is 9.59 Å². The number of hydrogen-bond donors (Lipinski definition) is 2. The first kappa shape index (κ1) is 15.8. The molecular formula is C15H10BrIN2O2S. The molecule has 2 N–H and O–H groups in total. The van der Waals surface area contributed by atoms with Crippen molar-refractivity contribution in [3.05, 3.63) is 50.0 Å². The number of carbonyl (C=O) groups excluding carboxylic acids is 2. The lowest BCUT2D eigenvalue weighted by molar-refractivity contribution is -0.113. The Morgan fingerprint density at radius 3 is 2.91 bits per heavy atom. The summed E-state index contributed by atoms with van der Waals surface area (Å²) >= 11 is 7.00. The standard InChI is InChI=1S/C15H10BrIN2O2S/c16-8-1-3-11(17)10(5-8)15(21)18-9-2-4-13-12(6-9)19-14(20)7-22-13/h1-6H,7H2,(H,18,21)(H,19,20). The zero-order valence-corrected chi connectivity index (χ0v) is 15.7. The lowest BCUT2D eigenvalue weighted by Gasteiger charge is -2.17. The normalized spacial score (nSPS) is 13.3. The molecule has 4 nitrogen and oxygen atoms in total. The molecular weight excluding hydrogens is 479 g/mol. The largest absolute Gasteiger partial charge is 0.324 e. The van der Waals surface area contributed by atoms with Gasteiger partial charge in [0.15, 0.2) is 0 Å². The van der Waals surface area contributed by atoms with Gasteiger partial charge in [-0.05, 0) is 59.0 Å². The fraction of sp³-hybridized carbons (Fsp3) is 0.0667. The molecule has 1 aliphatic heterocycles. The Kier molecular flexibility index (Phi) is 4.74. The topological polar surface area (TPSA) is 58.2 Å². The molecule has 2 amide bonds. The molecule has 0 fully saturated rings. The van der Waals surface area contributed by atoms with Gasteiger partial charge >= 0.3 is 0 Å². The van der Waals surface area contributed by atoms with Gasteiger partial charge in [0.05, 0.1) is 17.0 Å². The zero-order chi connectivity index (χ0) is 15.7. The molecule has 0 aromatic heterocycles. The molecule has 22 heavy (non-hydrogen) atoms. The molecule has 0 radical (unpaired) electrons. The molecule has 0 saturated heterocycles. The van der Waals surface area contributed by atoms with E-state index < -0.39 is 0 Å². The minimum absolute atomic E-state index is 0.0254. The van der Waals surface area contributed by atoms with E-state index >= 15 is 0 Å². The molecule has 0 unspecified atom stereocenters. The minimum Gasteiger partial charge on any atom is -0.324 e. The van der Waals surface area contributed by atoms with Gasteiger partial charge in [-0.25, -0.2) is 0 Å². The van der Waals surface area contributed by atoms with Crippen LogP contribution in [-0.2, 0) is 4.79 Å². The number of benzene rings is 2.